The largest absolute Gasteiger partial charge is 0.430 e. The van der Waals surface area contributed by atoms with E-state index in [1.165, 1.54) is 0 Å². The van der Waals surface area contributed by atoms with Gasteiger partial charge in [-0.25, -0.2) is 4.79 Å². The molecule has 14 heavy (non-hydrogen) atoms. The van der Waals surface area contributed by atoms with E-state index in [4.69, 9.17) is 5.73 Å². The first kappa shape index (κ1) is 10.1. The molecular formula is C9H11N3O2. The van der Waals surface area contributed by atoms with E-state index < -0.39 is 6.09 Å². The van der Waals surface area contributed by atoms with Crippen LogP contribution in [0.25, 0.3) is 5.70 Å². The van der Waals surface area contributed by atoms with Crippen LogP contribution in [0.4, 0.5) is 10.5 Å². The number of hydrogen-bond donors (Lipinski definition) is 3. The van der Waals surface area contributed by atoms with Gasteiger partial charge in [0.2, 0.25) is 0 Å². The molecule has 1 aromatic carbocycles. The highest BCUT2D eigenvalue weighted by atomic mass is 16.7. The quantitative estimate of drug-likeness (QED) is 0.479. The van der Waals surface area contributed by atoms with Crippen LogP contribution in [0, 0.1) is 0 Å². The number of carbonyl (C=O) groups excluding carboxylic acids is 1. The Labute approximate surface area is 81.3 Å². The minimum absolute atomic E-state index is 0.403. The minimum Gasteiger partial charge on any atom is -0.399 e. The van der Waals surface area contributed by atoms with Gasteiger partial charge in [-0.05, 0) is 17.7 Å². The van der Waals surface area contributed by atoms with Crippen molar-refractivity contribution in [2.24, 2.45) is 5.90 Å². The Kier molecular flexibility index (Phi) is 3.09. The number of carbonyl (C=O) groups is 1. The third kappa shape index (κ3) is 2.49. The number of nitrogens with one attached hydrogen (secondary N) is 1. The average Bonchev–Trinajstić information content (AvgIpc) is 2.18. The first-order valence-electron chi connectivity index (χ1n) is 3.86. The standard InChI is InChI=1S/C9H11N3O2/c1-6(12-9(13)14-11)7-2-4-8(10)5-3-7/h2-5H,1,10-11H2,(H,12,13). The third-order valence-corrected chi connectivity index (χ3v) is 1.62. The van der Waals surface area contributed by atoms with E-state index in [1.54, 1.807) is 24.3 Å². The van der Waals surface area contributed by atoms with Crippen LogP contribution in [0.5, 0.6) is 0 Å². The Morgan fingerprint density at radius 3 is 2.43 bits per heavy atom. The van der Waals surface area contributed by atoms with Crippen molar-refractivity contribution in [1.29, 1.82) is 0 Å². The highest BCUT2D eigenvalue weighted by Crippen LogP contribution is 2.11. The van der Waals surface area contributed by atoms with Crippen LogP contribution in [0.15, 0.2) is 30.8 Å². The first-order valence-corrected chi connectivity index (χ1v) is 3.86. The zero-order valence-electron chi connectivity index (χ0n) is 7.49. The molecule has 0 radical (unpaired) electrons. The van der Waals surface area contributed by atoms with Crippen molar-refractivity contribution in [2.45, 2.75) is 0 Å². The van der Waals surface area contributed by atoms with Crippen LogP contribution in [0.2, 0.25) is 0 Å². The molecule has 0 bridgehead atoms. The molecule has 0 aliphatic rings. The lowest BCUT2D eigenvalue weighted by Crippen LogP contribution is -2.24. The van der Waals surface area contributed by atoms with E-state index in [-0.39, 0.29) is 0 Å². The van der Waals surface area contributed by atoms with Crippen molar-refractivity contribution < 1.29 is 9.63 Å². The summed E-state index contributed by atoms with van der Waals surface area (Å²) >= 11 is 0. The van der Waals surface area contributed by atoms with Gasteiger partial charge >= 0.3 is 6.09 Å². The van der Waals surface area contributed by atoms with Crippen LogP contribution in [0.1, 0.15) is 5.56 Å². The van der Waals surface area contributed by atoms with E-state index in [9.17, 15) is 4.79 Å². The number of benzene rings is 1. The van der Waals surface area contributed by atoms with Gasteiger partial charge in [0.1, 0.15) is 0 Å². The van der Waals surface area contributed by atoms with Gasteiger partial charge in [0, 0.05) is 11.4 Å². The van der Waals surface area contributed by atoms with E-state index in [1.807, 2.05) is 0 Å². The number of rotatable bonds is 2. The molecule has 0 atom stereocenters. The number of amides is 1. The number of nitrogen functional groups attached to an aromatic ring is 1. The summed E-state index contributed by atoms with van der Waals surface area (Å²) in [5.41, 5.74) is 7.28. The smallest absolute Gasteiger partial charge is 0.399 e. The predicted octanol–water partition coefficient (Wildman–Crippen LogP) is 0.839. The summed E-state index contributed by atoms with van der Waals surface area (Å²) in [5, 5.41) is 2.34. The molecule has 0 unspecified atom stereocenters. The van der Waals surface area contributed by atoms with Crippen molar-refractivity contribution in [2.75, 3.05) is 5.73 Å². The maximum atomic E-state index is 10.7. The second kappa shape index (κ2) is 4.29. The first-order chi connectivity index (χ1) is 6.63. The Morgan fingerprint density at radius 1 is 1.36 bits per heavy atom. The van der Waals surface area contributed by atoms with Gasteiger partial charge in [-0.1, -0.05) is 18.7 Å². The molecule has 74 valence electrons. The van der Waals surface area contributed by atoms with Crippen molar-refractivity contribution >= 4 is 17.5 Å². The van der Waals surface area contributed by atoms with Gasteiger partial charge in [0.05, 0.1) is 0 Å². The van der Waals surface area contributed by atoms with E-state index in [2.05, 4.69) is 22.6 Å². The second-order valence-electron chi connectivity index (χ2n) is 2.63. The third-order valence-electron chi connectivity index (χ3n) is 1.62. The molecule has 0 aliphatic carbocycles. The lowest BCUT2D eigenvalue weighted by Gasteiger charge is -2.06. The fourth-order valence-corrected chi connectivity index (χ4v) is 0.909. The lowest BCUT2D eigenvalue weighted by molar-refractivity contribution is 0.152. The number of nitrogens with two attached hydrogens (primary N) is 2. The van der Waals surface area contributed by atoms with E-state index in [0.717, 1.165) is 5.56 Å². The molecule has 5 nitrogen and oxygen atoms in total. The van der Waals surface area contributed by atoms with Crippen molar-refractivity contribution in [3.8, 4) is 0 Å². The van der Waals surface area contributed by atoms with Crippen LogP contribution in [0.3, 0.4) is 0 Å². The monoisotopic (exact) mass is 193 g/mol. The van der Waals surface area contributed by atoms with Gasteiger partial charge in [0.25, 0.3) is 0 Å². The summed E-state index contributed by atoms with van der Waals surface area (Å²) in [6.45, 7) is 3.63. The Bertz CT molecular complexity index is 346. The molecule has 0 fully saturated rings. The molecule has 0 aliphatic heterocycles. The summed E-state index contributed by atoms with van der Waals surface area (Å²) in [5.74, 6) is 4.65. The molecule has 0 heterocycles. The maximum Gasteiger partial charge on any atom is 0.430 e. The highest BCUT2D eigenvalue weighted by Gasteiger charge is 2.03. The maximum absolute atomic E-state index is 10.7. The van der Waals surface area contributed by atoms with Crippen molar-refractivity contribution in [3.63, 3.8) is 0 Å². The fraction of sp³-hybridized carbons (Fsp3) is 0. The topological polar surface area (TPSA) is 90.4 Å². The normalized spacial score (nSPS) is 9.21. The summed E-state index contributed by atoms with van der Waals surface area (Å²) in [7, 11) is 0. The minimum atomic E-state index is -0.758. The molecular weight excluding hydrogens is 182 g/mol. The molecule has 0 saturated heterocycles. The fourth-order valence-electron chi connectivity index (χ4n) is 0.909. The summed E-state index contributed by atoms with van der Waals surface area (Å²) < 4.78 is 0. The Morgan fingerprint density at radius 2 is 1.93 bits per heavy atom. The molecule has 1 rings (SSSR count). The molecule has 5 heteroatoms. The molecule has 0 aromatic heterocycles. The van der Waals surface area contributed by atoms with Crippen LogP contribution in [-0.4, -0.2) is 6.09 Å². The molecule has 0 saturated carbocycles. The summed E-state index contributed by atoms with van der Waals surface area (Å²) in [6, 6.07) is 6.87. The number of anilines is 1. The van der Waals surface area contributed by atoms with Gasteiger partial charge in [-0.3, -0.25) is 5.32 Å². The zero-order chi connectivity index (χ0) is 10.6. The van der Waals surface area contributed by atoms with Gasteiger partial charge in [-0.15, -0.1) is 0 Å². The zero-order valence-corrected chi connectivity index (χ0v) is 7.49. The summed E-state index contributed by atoms with van der Waals surface area (Å²) in [6.07, 6.45) is -0.758. The predicted molar refractivity (Wildman–Crippen MR) is 53.7 cm³/mol. The molecule has 1 amide bonds. The van der Waals surface area contributed by atoms with Crippen LogP contribution in [-0.2, 0) is 4.84 Å². The molecule has 0 spiro atoms. The van der Waals surface area contributed by atoms with Gasteiger partial charge in [0.15, 0.2) is 0 Å². The number of hydrogen-bond acceptors (Lipinski definition) is 4. The lowest BCUT2D eigenvalue weighted by atomic mass is 10.1. The highest BCUT2D eigenvalue weighted by molar-refractivity contribution is 5.80. The SMILES string of the molecule is C=C(NC(=O)ON)c1ccc(N)cc1. The molecule has 5 N–H and O–H groups in total. The Balaban J connectivity index is 2.70. The van der Waals surface area contributed by atoms with Crippen molar-refractivity contribution in [1.82, 2.24) is 5.32 Å². The van der Waals surface area contributed by atoms with E-state index in [0.29, 0.717) is 11.4 Å². The van der Waals surface area contributed by atoms with Gasteiger partial charge in [-0.2, -0.15) is 5.90 Å². The van der Waals surface area contributed by atoms with Crippen LogP contribution < -0.4 is 16.9 Å². The van der Waals surface area contributed by atoms with Crippen molar-refractivity contribution in [3.05, 3.63) is 36.4 Å². The second-order valence-corrected chi connectivity index (χ2v) is 2.63. The van der Waals surface area contributed by atoms with Gasteiger partial charge < -0.3 is 10.6 Å². The van der Waals surface area contributed by atoms with E-state index >= 15 is 0 Å². The Hall–Kier alpha value is -2.01. The summed E-state index contributed by atoms with van der Waals surface area (Å²) in [4.78, 5) is 14.6. The molecule has 1 aromatic rings. The average molecular weight is 193 g/mol. The van der Waals surface area contributed by atoms with Crippen LogP contribution >= 0.6 is 0 Å².